The number of benzene rings is 3. The van der Waals surface area contributed by atoms with Gasteiger partial charge in [0, 0.05) is 5.56 Å². The van der Waals surface area contributed by atoms with Crippen LogP contribution in [0.5, 0.6) is 0 Å². The summed E-state index contributed by atoms with van der Waals surface area (Å²) in [5.74, 6) is 0. The SMILES string of the molecule is FC(F)(F)C(c1ccccc1)(c1ccc(-c2nc3cc4scnc4cc3s2)cc1)C(F)(F)F. The van der Waals surface area contributed by atoms with Gasteiger partial charge in [-0.2, -0.15) is 26.3 Å². The lowest BCUT2D eigenvalue weighted by Gasteiger charge is -2.38. The van der Waals surface area contributed by atoms with E-state index in [0.717, 1.165) is 51.3 Å². The molecule has 0 fully saturated rings. The van der Waals surface area contributed by atoms with Crippen LogP contribution in [-0.4, -0.2) is 22.3 Å². The third-order valence-corrected chi connectivity index (χ3v) is 7.32. The summed E-state index contributed by atoms with van der Waals surface area (Å²) in [6.45, 7) is 0. The van der Waals surface area contributed by atoms with E-state index in [2.05, 4.69) is 9.97 Å². The third-order valence-electron chi connectivity index (χ3n) is 5.46. The molecule has 5 aromatic rings. The molecule has 0 aliphatic heterocycles. The third kappa shape index (κ3) is 3.39. The second-order valence-corrected chi connectivity index (χ2v) is 9.26. The summed E-state index contributed by atoms with van der Waals surface area (Å²) in [5.41, 5.74) is -2.28. The van der Waals surface area contributed by atoms with E-state index >= 15 is 0 Å². The van der Waals surface area contributed by atoms with Gasteiger partial charge in [0.25, 0.3) is 0 Å². The number of thiazole rings is 2. The number of fused-ring (bicyclic) bond motifs is 2. The molecular formula is C23H12F6N2S2. The lowest BCUT2D eigenvalue weighted by atomic mass is 9.73. The van der Waals surface area contributed by atoms with Gasteiger partial charge >= 0.3 is 12.4 Å². The summed E-state index contributed by atoms with van der Waals surface area (Å²) in [5, 5.41) is 0.499. The molecule has 0 radical (unpaired) electrons. The van der Waals surface area contributed by atoms with E-state index in [9.17, 15) is 26.3 Å². The van der Waals surface area contributed by atoms with Gasteiger partial charge in [-0.15, -0.1) is 22.7 Å². The average molecular weight is 494 g/mol. The Balaban J connectivity index is 1.64. The maximum Gasteiger partial charge on any atom is 0.411 e. The van der Waals surface area contributed by atoms with Crippen molar-refractivity contribution in [3.8, 4) is 10.6 Å². The number of hydrogen-bond acceptors (Lipinski definition) is 4. The fourth-order valence-electron chi connectivity index (χ4n) is 3.94. The van der Waals surface area contributed by atoms with E-state index < -0.39 is 28.9 Å². The first-order chi connectivity index (χ1) is 15.6. The summed E-state index contributed by atoms with van der Waals surface area (Å²) in [7, 11) is 0. The Kier molecular flexibility index (Phi) is 4.98. The highest BCUT2D eigenvalue weighted by Gasteiger charge is 2.72. The molecule has 3 aromatic carbocycles. The Hall–Kier alpha value is -2.98. The highest BCUT2D eigenvalue weighted by Crippen LogP contribution is 2.56. The molecule has 0 amide bonds. The van der Waals surface area contributed by atoms with Gasteiger partial charge in [-0.1, -0.05) is 54.6 Å². The second-order valence-electron chi connectivity index (χ2n) is 7.35. The minimum atomic E-state index is -5.61. The second kappa shape index (κ2) is 7.53. The van der Waals surface area contributed by atoms with Gasteiger partial charge in [-0.05, 0) is 23.3 Å². The molecule has 2 heterocycles. The minimum Gasteiger partial charge on any atom is -0.245 e. The normalized spacial score (nSPS) is 13.2. The molecule has 0 unspecified atom stereocenters. The Bertz CT molecular complexity index is 1370. The van der Waals surface area contributed by atoms with Crippen molar-refractivity contribution in [2.75, 3.05) is 0 Å². The molecule has 33 heavy (non-hydrogen) atoms. The molecule has 0 saturated heterocycles. The zero-order chi connectivity index (χ0) is 23.4. The smallest absolute Gasteiger partial charge is 0.245 e. The molecule has 5 rings (SSSR count). The first kappa shape index (κ1) is 21.8. The predicted molar refractivity (Wildman–Crippen MR) is 118 cm³/mol. The van der Waals surface area contributed by atoms with Crippen LogP contribution in [0, 0.1) is 0 Å². The van der Waals surface area contributed by atoms with E-state index in [4.69, 9.17) is 0 Å². The number of alkyl halides is 6. The van der Waals surface area contributed by atoms with Crippen LogP contribution >= 0.6 is 22.7 Å². The highest BCUT2D eigenvalue weighted by atomic mass is 32.1. The summed E-state index contributed by atoms with van der Waals surface area (Å²) in [6.07, 6.45) is -11.2. The maximum absolute atomic E-state index is 14.2. The van der Waals surface area contributed by atoms with Crippen LogP contribution in [0.2, 0.25) is 0 Å². The molecule has 0 aliphatic carbocycles. The number of halogens is 6. The van der Waals surface area contributed by atoms with Gasteiger partial charge in [0.15, 0.2) is 0 Å². The molecule has 168 valence electrons. The number of aromatic nitrogens is 2. The fourth-order valence-corrected chi connectivity index (χ4v) is 5.61. The molecule has 2 nitrogen and oxygen atoms in total. The minimum absolute atomic E-state index is 0.433. The summed E-state index contributed by atoms with van der Waals surface area (Å²) in [4.78, 5) is 8.76. The van der Waals surface area contributed by atoms with Crippen molar-refractivity contribution in [1.29, 1.82) is 0 Å². The van der Waals surface area contributed by atoms with Crippen LogP contribution in [0.1, 0.15) is 11.1 Å². The van der Waals surface area contributed by atoms with Crippen LogP contribution in [0.3, 0.4) is 0 Å². The van der Waals surface area contributed by atoms with E-state index in [1.54, 1.807) is 5.51 Å². The van der Waals surface area contributed by atoms with Gasteiger partial charge < -0.3 is 0 Å². The fraction of sp³-hybridized carbons (Fsp3) is 0.130. The molecule has 10 heteroatoms. The molecule has 0 saturated carbocycles. The number of nitrogens with zero attached hydrogens (tertiary/aromatic N) is 2. The molecule has 0 aliphatic rings. The summed E-state index contributed by atoms with van der Waals surface area (Å²) < 4.78 is 86.8. The van der Waals surface area contributed by atoms with Gasteiger partial charge in [-0.25, -0.2) is 9.97 Å². The Morgan fingerprint density at radius 1 is 0.667 bits per heavy atom. The summed E-state index contributed by atoms with van der Waals surface area (Å²) in [6, 6.07) is 13.4. The zero-order valence-corrected chi connectivity index (χ0v) is 18.0. The van der Waals surface area contributed by atoms with Crippen molar-refractivity contribution in [2.45, 2.75) is 17.8 Å². The molecule has 0 bridgehead atoms. The monoisotopic (exact) mass is 494 g/mol. The Labute approximate surface area is 191 Å². The Morgan fingerprint density at radius 3 is 1.91 bits per heavy atom. The van der Waals surface area contributed by atoms with E-state index in [1.165, 1.54) is 40.9 Å². The quantitative estimate of drug-likeness (QED) is 0.238. The van der Waals surface area contributed by atoms with Crippen LogP contribution in [-0.2, 0) is 5.41 Å². The number of hydrogen-bond donors (Lipinski definition) is 0. The van der Waals surface area contributed by atoms with Gasteiger partial charge in [0.05, 0.1) is 25.9 Å². The predicted octanol–water partition coefficient (Wildman–Crippen LogP) is 7.98. The van der Waals surface area contributed by atoms with Crippen LogP contribution < -0.4 is 0 Å². The van der Waals surface area contributed by atoms with Crippen molar-refractivity contribution in [3.63, 3.8) is 0 Å². The molecule has 2 aromatic heterocycles. The van der Waals surface area contributed by atoms with Gasteiger partial charge in [-0.3, -0.25) is 0 Å². The lowest BCUT2D eigenvalue weighted by Crippen LogP contribution is -2.54. The maximum atomic E-state index is 14.2. The topological polar surface area (TPSA) is 25.8 Å². The van der Waals surface area contributed by atoms with Crippen molar-refractivity contribution >= 4 is 43.1 Å². The molecule has 0 spiro atoms. The highest BCUT2D eigenvalue weighted by molar-refractivity contribution is 7.22. The largest absolute Gasteiger partial charge is 0.411 e. The van der Waals surface area contributed by atoms with Crippen molar-refractivity contribution in [1.82, 2.24) is 9.97 Å². The molecule has 0 atom stereocenters. The first-order valence-electron chi connectivity index (χ1n) is 9.55. The average Bonchev–Trinajstić information content (AvgIpc) is 3.37. The molecule has 0 N–H and O–H groups in total. The van der Waals surface area contributed by atoms with Crippen molar-refractivity contribution in [2.24, 2.45) is 0 Å². The van der Waals surface area contributed by atoms with E-state index in [-0.39, 0.29) is 0 Å². The molecular weight excluding hydrogens is 482 g/mol. The zero-order valence-electron chi connectivity index (χ0n) is 16.4. The van der Waals surface area contributed by atoms with Gasteiger partial charge in [0.1, 0.15) is 5.01 Å². The van der Waals surface area contributed by atoms with Gasteiger partial charge in [0.2, 0.25) is 5.41 Å². The van der Waals surface area contributed by atoms with Crippen molar-refractivity contribution < 1.29 is 26.3 Å². The van der Waals surface area contributed by atoms with Crippen LogP contribution in [0.15, 0.2) is 72.2 Å². The summed E-state index contributed by atoms with van der Waals surface area (Å²) >= 11 is 2.75. The lowest BCUT2D eigenvalue weighted by molar-refractivity contribution is -0.288. The Morgan fingerprint density at radius 2 is 1.27 bits per heavy atom. The van der Waals surface area contributed by atoms with Crippen molar-refractivity contribution in [3.05, 3.63) is 83.4 Å². The first-order valence-corrected chi connectivity index (χ1v) is 11.2. The van der Waals surface area contributed by atoms with Crippen LogP contribution in [0.4, 0.5) is 26.3 Å². The van der Waals surface area contributed by atoms with Crippen LogP contribution in [0.25, 0.3) is 31.0 Å². The number of rotatable bonds is 3. The van der Waals surface area contributed by atoms with E-state index in [1.807, 2.05) is 12.1 Å². The standard InChI is InChI=1S/C23H12F6N2S2/c24-22(25,26)21(23(27,28)29,14-4-2-1-3-5-14)15-8-6-13(7-9-15)20-31-17-11-18-16(30-12-32-18)10-19(17)33-20/h1-12H. The van der Waals surface area contributed by atoms with E-state index in [0.29, 0.717) is 16.1 Å².